The van der Waals surface area contributed by atoms with Crippen LogP contribution in [-0.2, 0) is 12.8 Å². The van der Waals surface area contributed by atoms with E-state index in [2.05, 4.69) is 62.1 Å². The number of aryl methyl sites for hydroxylation is 2. The van der Waals surface area contributed by atoms with Crippen molar-refractivity contribution >= 4 is 5.70 Å². The van der Waals surface area contributed by atoms with Crippen LogP contribution in [0.1, 0.15) is 55.0 Å². The van der Waals surface area contributed by atoms with Crippen LogP contribution in [0, 0.1) is 0 Å². The summed E-state index contributed by atoms with van der Waals surface area (Å²) in [7, 11) is 0. The molecule has 4 rings (SSSR count). The van der Waals surface area contributed by atoms with Gasteiger partial charge in [-0.1, -0.05) is 36.9 Å². The van der Waals surface area contributed by atoms with E-state index in [-0.39, 0.29) is 11.6 Å². The Labute approximate surface area is 144 Å². The molecule has 0 radical (unpaired) electrons. The van der Waals surface area contributed by atoms with Crippen LogP contribution < -0.4 is 10.1 Å². The third kappa shape index (κ3) is 2.82. The van der Waals surface area contributed by atoms with Gasteiger partial charge in [-0.2, -0.15) is 0 Å². The van der Waals surface area contributed by atoms with Crippen LogP contribution in [-0.4, -0.2) is 5.60 Å². The van der Waals surface area contributed by atoms with Gasteiger partial charge >= 0.3 is 0 Å². The Morgan fingerprint density at radius 2 is 1.92 bits per heavy atom. The number of fused-ring (bicyclic) bond motifs is 2. The van der Waals surface area contributed by atoms with Gasteiger partial charge in [0.05, 0.1) is 6.04 Å². The summed E-state index contributed by atoms with van der Waals surface area (Å²) in [5.41, 5.74) is 6.25. The smallest absolute Gasteiger partial charge is 0.125 e. The molecule has 124 valence electrons. The van der Waals surface area contributed by atoms with Crippen molar-refractivity contribution in [2.45, 2.75) is 51.2 Å². The fourth-order valence-corrected chi connectivity index (χ4v) is 3.98. The van der Waals surface area contributed by atoms with Gasteiger partial charge in [-0.15, -0.1) is 0 Å². The van der Waals surface area contributed by atoms with Gasteiger partial charge in [-0.3, -0.25) is 0 Å². The lowest BCUT2D eigenvalue weighted by Gasteiger charge is -2.38. The zero-order chi connectivity index (χ0) is 16.7. The number of hydrogen-bond acceptors (Lipinski definition) is 2. The third-order valence-electron chi connectivity index (χ3n) is 5.17. The normalized spacial score (nSPS) is 20.7. The minimum Gasteiger partial charge on any atom is -0.487 e. The summed E-state index contributed by atoms with van der Waals surface area (Å²) >= 11 is 0. The SMILES string of the molecule is C=C(NC1CC(C)(C)Oc2ccccc21)c1ccc2c(c1)CCC2. The van der Waals surface area contributed by atoms with Crippen LogP contribution in [0.3, 0.4) is 0 Å². The second-order valence-corrected chi connectivity index (χ2v) is 7.62. The lowest BCUT2D eigenvalue weighted by atomic mass is 9.89. The Balaban J connectivity index is 1.59. The minimum absolute atomic E-state index is 0.176. The predicted octanol–water partition coefficient (Wildman–Crippen LogP) is 5.04. The largest absolute Gasteiger partial charge is 0.487 e. The van der Waals surface area contributed by atoms with E-state index in [9.17, 15) is 0 Å². The Morgan fingerprint density at radius 3 is 2.79 bits per heavy atom. The predicted molar refractivity (Wildman–Crippen MR) is 99.1 cm³/mol. The van der Waals surface area contributed by atoms with E-state index < -0.39 is 0 Å². The summed E-state index contributed by atoms with van der Waals surface area (Å²) in [5.74, 6) is 0.980. The molecule has 0 saturated heterocycles. The van der Waals surface area contributed by atoms with Crippen LogP contribution >= 0.6 is 0 Å². The van der Waals surface area contributed by atoms with Gasteiger partial charge in [-0.25, -0.2) is 0 Å². The second kappa shape index (κ2) is 5.70. The zero-order valence-electron chi connectivity index (χ0n) is 14.6. The van der Waals surface area contributed by atoms with E-state index >= 15 is 0 Å². The molecule has 2 aromatic carbocycles. The fourth-order valence-electron chi connectivity index (χ4n) is 3.98. The summed E-state index contributed by atoms with van der Waals surface area (Å²) in [6, 6.07) is 15.3. The van der Waals surface area contributed by atoms with E-state index in [1.807, 2.05) is 6.07 Å². The average molecular weight is 319 g/mol. The molecule has 0 saturated carbocycles. The summed E-state index contributed by atoms with van der Waals surface area (Å²) < 4.78 is 6.13. The van der Waals surface area contributed by atoms with Crippen molar-refractivity contribution < 1.29 is 4.74 Å². The van der Waals surface area contributed by atoms with Gasteiger partial charge < -0.3 is 10.1 Å². The van der Waals surface area contributed by atoms with Crippen LogP contribution in [0.5, 0.6) is 5.75 Å². The van der Waals surface area contributed by atoms with Gasteiger partial charge in [0.1, 0.15) is 11.4 Å². The van der Waals surface area contributed by atoms with Crippen LogP contribution in [0.15, 0.2) is 49.0 Å². The van der Waals surface area contributed by atoms with Crippen molar-refractivity contribution in [3.63, 3.8) is 0 Å². The zero-order valence-corrected chi connectivity index (χ0v) is 14.6. The first kappa shape index (κ1) is 15.3. The summed E-state index contributed by atoms with van der Waals surface area (Å²) in [6.07, 6.45) is 4.62. The van der Waals surface area contributed by atoms with Crippen LogP contribution in [0.4, 0.5) is 0 Å². The molecule has 1 heterocycles. The lowest BCUT2D eigenvalue weighted by molar-refractivity contribution is 0.0691. The van der Waals surface area contributed by atoms with Crippen LogP contribution in [0.2, 0.25) is 0 Å². The maximum atomic E-state index is 6.13. The van der Waals surface area contributed by atoms with E-state index in [0.717, 1.165) is 17.9 Å². The number of rotatable bonds is 3. The topological polar surface area (TPSA) is 21.3 Å². The Hall–Kier alpha value is -2.22. The van der Waals surface area contributed by atoms with Crippen molar-refractivity contribution in [3.8, 4) is 5.75 Å². The number of para-hydroxylation sites is 1. The summed E-state index contributed by atoms with van der Waals surface area (Å²) in [5, 5.41) is 3.66. The van der Waals surface area contributed by atoms with Crippen molar-refractivity contribution in [1.29, 1.82) is 0 Å². The van der Waals surface area contributed by atoms with Gasteiger partial charge in [0, 0.05) is 17.7 Å². The molecule has 1 N–H and O–H groups in total. The molecule has 0 aromatic heterocycles. The van der Waals surface area contributed by atoms with Crippen molar-refractivity contribution in [1.82, 2.24) is 5.32 Å². The first-order valence-corrected chi connectivity index (χ1v) is 8.87. The monoisotopic (exact) mass is 319 g/mol. The number of hydrogen-bond donors (Lipinski definition) is 1. The summed E-state index contributed by atoms with van der Waals surface area (Å²) in [4.78, 5) is 0. The van der Waals surface area contributed by atoms with Gasteiger partial charge in [0.15, 0.2) is 0 Å². The van der Waals surface area contributed by atoms with E-state index in [0.29, 0.717) is 0 Å². The lowest BCUT2D eigenvalue weighted by Crippen LogP contribution is -2.38. The third-order valence-corrected chi connectivity index (χ3v) is 5.17. The number of benzene rings is 2. The number of ether oxygens (including phenoxy) is 1. The maximum absolute atomic E-state index is 6.13. The fraction of sp³-hybridized carbons (Fsp3) is 0.364. The molecule has 1 unspecified atom stereocenters. The molecule has 24 heavy (non-hydrogen) atoms. The molecule has 2 aliphatic rings. The van der Waals surface area contributed by atoms with Crippen molar-refractivity contribution in [2.24, 2.45) is 0 Å². The minimum atomic E-state index is -0.176. The average Bonchev–Trinajstić information content (AvgIpc) is 3.01. The molecule has 1 aliphatic heterocycles. The standard InChI is InChI=1S/C22H25NO/c1-15(17-12-11-16-7-6-8-18(16)13-17)23-20-14-22(2,3)24-21-10-5-4-9-19(20)21/h4-5,9-13,20,23H,1,6-8,14H2,2-3H3. The second-order valence-electron chi connectivity index (χ2n) is 7.62. The quantitative estimate of drug-likeness (QED) is 0.856. The Morgan fingerprint density at radius 1 is 1.12 bits per heavy atom. The molecular formula is C22H25NO. The highest BCUT2D eigenvalue weighted by molar-refractivity contribution is 5.64. The molecule has 2 nitrogen and oxygen atoms in total. The Bertz CT molecular complexity index is 790. The van der Waals surface area contributed by atoms with Gasteiger partial charge in [-0.05, 0) is 61.9 Å². The molecule has 0 spiro atoms. The van der Waals surface area contributed by atoms with Crippen molar-refractivity contribution in [3.05, 3.63) is 71.3 Å². The summed E-state index contributed by atoms with van der Waals surface area (Å²) in [6.45, 7) is 8.61. The van der Waals surface area contributed by atoms with Gasteiger partial charge in [0.2, 0.25) is 0 Å². The van der Waals surface area contributed by atoms with E-state index in [1.165, 1.54) is 41.5 Å². The molecular weight excluding hydrogens is 294 g/mol. The van der Waals surface area contributed by atoms with E-state index in [4.69, 9.17) is 4.74 Å². The maximum Gasteiger partial charge on any atom is 0.125 e. The van der Waals surface area contributed by atoms with Crippen LogP contribution in [0.25, 0.3) is 5.70 Å². The van der Waals surface area contributed by atoms with Gasteiger partial charge in [0.25, 0.3) is 0 Å². The first-order valence-electron chi connectivity index (χ1n) is 8.87. The molecule has 2 aromatic rings. The molecule has 1 aliphatic carbocycles. The highest BCUT2D eigenvalue weighted by atomic mass is 16.5. The molecule has 2 heteroatoms. The first-order chi connectivity index (χ1) is 11.5. The highest BCUT2D eigenvalue weighted by Gasteiger charge is 2.33. The Kier molecular flexibility index (Phi) is 3.64. The molecule has 0 bridgehead atoms. The van der Waals surface area contributed by atoms with E-state index in [1.54, 1.807) is 0 Å². The van der Waals surface area contributed by atoms with Crippen molar-refractivity contribution in [2.75, 3.05) is 0 Å². The molecule has 0 fully saturated rings. The highest BCUT2D eigenvalue weighted by Crippen LogP contribution is 2.40. The molecule has 0 amide bonds. The molecule has 1 atom stereocenters. The number of nitrogens with one attached hydrogen (secondary N) is 1.